The Labute approximate surface area is 195 Å². The molecule has 0 bridgehead atoms. The summed E-state index contributed by atoms with van der Waals surface area (Å²) in [6, 6.07) is 19.3. The van der Waals surface area contributed by atoms with Gasteiger partial charge >= 0.3 is 0 Å². The van der Waals surface area contributed by atoms with Crippen LogP contribution in [0.1, 0.15) is 27.8 Å². The smallest absolute Gasteiger partial charge is 0.282 e. The molecule has 33 heavy (non-hydrogen) atoms. The van der Waals surface area contributed by atoms with E-state index < -0.39 is 0 Å². The Kier molecular flexibility index (Phi) is 5.81. The maximum Gasteiger partial charge on any atom is 0.282 e. The van der Waals surface area contributed by atoms with Crippen LogP contribution >= 0.6 is 0 Å². The van der Waals surface area contributed by atoms with Gasteiger partial charge in [0.15, 0.2) is 0 Å². The number of carbonyl (C=O) groups is 2. The highest BCUT2D eigenvalue weighted by Crippen LogP contribution is 2.36. The van der Waals surface area contributed by atoms with Crippen LogP contribution in [0.4, 0.5) is 17.1 Å². The highest BCUT2D eigenvalue weighted by molar-refractivity contribution is 6.46. The lowest BCUT2D eigenvalue weighted by Crippen LogP contribution is -2.32. The van der Waals surface area contributed by atoms with Gasteiger partial charge in [-0.05, 0) is 80.3 Å². The van der Waals surface area contributed by atoms with Gasteiger partial charge in [-0.1, -0.05) is 35.9 Å². The van der Waals surface area contributed by atoms with E-state index in [1.807, 2.05) is 101 Å². The van der Waals surface area contributed by atoms with Crippen LogP contribution in [0.5, 0.6) is 0 Å². The standard InChI is InChI=1S/C28H29N3O2/c1-17-10-13-24(20(4)14-17)25-26(29-21-12-11-18(2)19(3)15-21)28(33)31(27(25)32)23-9-7-8-22(16-23)30(5)6/h7-16,29H,1-6H3. The maximum atomic E-state index is 13.8. The van der Waals surface area contributed by atoms with E-state index in [9.17, 15) is 9.59 Å². The van der Waals surface area contributed by atoms with E-state index in [4.69, 9.17) is 0 Å². The number of hydrogen-bond donors (Lipinski definition) is 1. The zero-order chi connectivity index (χ0) is 23.9. The van der Waals surface area contributed by atoms with Crippen molar-refractivity contribution >= 4 is 34.4 Å². The number of amides is 2. The lowest BCUT2D eigenvalue weighted by Gasteiger charge is -2.19. The van der Waals surface area contributed by atoms with E-state index in [0.717, 1.165) is 33.6 Å². The Morgan fingerprint density at radius 1 is 0.758 bits per heavy atom. The summed E-state index contributed by atoms with van der Waals surface area (Å²) in [6.45, 7) is 8.06. The summed E-state index contributed by atoms with van der Waals surface area (Å²) in [5.74, 6) is -0.682. The number of carbonyl (C=O) groups excluding carboxylic acids is 2. The molecule has 0 aromatic heterocycles. The van der Waals surface area contributed by atoms with Gasteiger partial charge in [-0.2, -0.15) is 0 Å². The van der Waals surface area contributed by atoms with E-state index in [1.54, 1.807) is 6.07 Å². The van der Waals surface area contributed by atoms with Crippen LogP contribution in [0.15, 0.2) is 66.4 Å². The molecule has 5 nitrogen and oxygen atoms in total. The minimum absolute atomic E-state index is 0.297. The molecule has 1 N–H and O–H groups in total. The fraction of sp³-hybridized carbons (Fsp3) is 0.214. The summed E-state index contributed by atoms with van der Waals surface area (Å²) in [6.07, 6.45) is 0. The third-order valence-corrected chi connectivity index (χ3v) is 6.12. The number of imide groups is 1. The Hall–Kier alpha value is -3.86. The average Bonchev–Trinajstić information content (AvgIpc) is 3.00. The highest BCUT2D eigenvalue weighted by atomic mass is 16.2. The molecule has 0 fully saturated rings. The first kappa shape index (κ1) is 22.3. The molecule has 0 aliphatic carbocycles. The van der Waals surface area contributed by atoms with E-state index in [-0.39, 0.29) is 11.8 Å². The summed E-state index contributed by atoms with van der Waals surface area (Å²) in [5.41, 5.74) is 8.03. The average molecular weight is 440 g/mol. The molecule has 5 heteroatoms. The predicted octanol–water partition coefficient (Wildman–Crippen LogP) is 5.38. The Balaban J connectivity index is 1.85. The van der Waals surface area contributed by atoms with Crippen LogP contribution in [0.2, 0.25) is 0 Å². The largest absolute Gasteiger partial charge is 0.378 e. The number of rotatable bonds is 5. The van der Waals surface area contributed by atoms with Crippen LogP contribution in [0.3, 0.4) is 0 Å². The molecule has 1 aliphatic rings. The quantitative estimate of drug-likeness (QED) is 0.542. The monoisotopic (exact) mass is 439 g/mol. The van der Waals surface area contributed by atoms with E-state index >= 15 is 0 Å². The van der Waals surface area contributed by atoms with Crippen LogP contribution < -0.4 is 15.1 Å². The second-order valence-corrected chi connectivity index (χ2v) is 8.85. The zero-order valence-electron chi connectivity index (χ0n) is 20.0. The van der Waals surface area contributed by atoms with Crippen LogP contribution in [-0.2, 0) is 9.59 Å². The van der Waals surface area contributed by atoms with Crippen molar-refractivity contribution in [1.29, 1.82) is 0 Å². The van der Waals surface area contributed by atoms with E-state index in [0.29, 0.717) is 17.0 Å². The molecule has 0 radical (unpaired) electrons. The number of benzene rings is 3. The fourth-order valence-corrected chi connectivity index (χ4v) is 4.10. The van der Waals surface area contributed by atoms with Crippen molar-refractivity contribution in [3.8, 4) is 0 Å². The number of aryl methyl sites for hydroxylation is 4. The molecule has 3 aromatic carbocycles. The highest BCUT2D eigenvalue weighted by Gasteiger charge is 2.40. The van der Waals surface area contributed by atoms with Crippen molar-refractivity contribution in [2.45, 2.75) is 27.7 Å². The van der Waals surface area contributed by atoms with Gasteiger partial charge in [0.25, 0.3) is 11.8 Å². The Bertz CT molecular complexity index is 1300. The number of hydrogen-bond acceptors (Lipinski definition) is 4. The number of nitrogens with zero attached hydrogens (tertiary/aromatic N) is 2. The van der Waals surface area contributed by atoms with Gasteiger partial charge in [0.1, 0.15) is 5.70 Å². The van der Waals surface area contributed by atoms with Crippen LogP contribution in [0.25, 0.3) is 5.57 Å². The number of anilines is 3. The van der Waals surface area contributed by atoms with E-state index in [1.165, 1.54) is 10.5 Å². The third-order valence-electron chi connectivity index (χ3n) is 6.12. The fourth-order valence-electron chi connectivity index (χ4n) is 4.10. The van der Waals surface area contributed by atoms with Crippen molar-refractivity contribution in [2.75, 3.05) is 29.2 Å². The lowest BCUT2D eigenvalue weighted by molar-refractivity contribution is -0.120. The Morgan fingerprint density at radius 3 is 2.18 bits per heavy atom. The molecule has 0 unspecified atom stereocenters. The van der Waals surface area contributed by atoms with E-state index in [2.05, 4.69) is 5.32 Å². The summed E-state index contributed by atoms with van der Waals surface area (Å²) >= 11 is 0. The summed E-state index contributed by atoms with van der Waals surface area (Å²) in [4.78, 5) is 30.7. The molecule has 0 saturated carbocycles. The summed E-state index contributed by atoms with van der Waals surface area (Å²) < 4.78 is 0. The third kappa shape index (κ3) is 4.14. The normalized spacial score (nSPS) is 13.7. The predicted molar refractivity (Wildman–Crippen MR) is 136 cm³/mol. The van der Waals surface area contributed by atoms with Crippen molar-refractivity contribution in [3.05, 3.63) is 94.2 Å². The molecule has 0 saturated heterocycles. The first-order valence-corrected chi connectivity index (χ1v) is 11.0. The van der Waals surface area contributed by atoms with Crippen molar-refractivity contribution in [3.63, 3.8) is 0 Å². The Morgan fingerprint density at radius 2 is 1.52 bits per heavy atom. The van der Waals surface area contributed by atoms with Gasteiger partial charge in [-0.15, -0.1) is 0 Å². The zero-order valence-corrected chi connectivity index (χ0v) is 20.0. The minimum atomic E-state index is -0.357. The van der Waals surface area contributed by atoms with Gasteiger partial charge in [0, 0.05) is 25.5 Å². The van der Waals surface area contributed by atoms with Crippen LogP contribution in [0, 0.1) is 27.7 Å². The summed E-state index contributed by atoms with van der Waals surface area (Å²) in [5, 5.41) is 3.27. The summed E-state index contributed by atoms with van der Waals surface area (Å²) in [7, 11) is 3.86. The van der Waals surface area contributed by atoms with Gasteiger partial charge in [0.2, 0.25) is 0 Å². The molecular weight excluding hydrogens is 410 g/mol. The molecule has 1 heterocycles. The molecule has 3 aromatic rings. The SMILES string of the molecule is Cc1ccc(C2=C(Nc3ccc(C)c(C)c3)C(=O)N(c3cccc(N(C)C)c3)C2=O)c(C)c1. The van der Waals surface area contributed by atoms with Crippen molar-refractivity contribution in [1.82, 2.24) is 0 Å². The second kappa shape index (κ2) is 8.58. The van der Waals surface area contributed by atoms with Gasteiger partial charge in [-0.3, -0.25) is 9.59 Å². The molecule has 2 amide bonds. The van der Waals surface area contributed by atoms with Crippen molar-refractivity contribution in [2.24, 2.45) is 0 Å². The first-order valence-electron chi connectivity index (χ1n) is 11.0. The van der Waals surface area contributed by atoms with Crippen LogP contribution in [-0.4, -0.2) is 25.9 Å². The first-order chi connectivity index (χ1) is 15.7. The molecular formula is C28H29N3O2. The van der Waals surface area contributed by atoms with Gasteiger partial charge < -0.3 is 10.2 Å². The van der Waals surface area contributed by atoms with Gasteiger partial charge in [0.05, 0.1) is 11.3 Å². The second-order valence-electron chi connectivity index (χ2n) is 8.85. The van der Waals surface area contributed by atoms with Gasteiger partial charge in [-0.25, -0.2) is 4.90 Å². The lowest BCUT2D eigenvalue weighted by atomic mass is 9.97. The molecule has 0 atom stereocenters. The molecule has 0 spiro atoms. The number of nitrogens with one attached hydrogen (secondary N) is 1. The molecule has 168 valence electrons. The molecule has 4 rings (SSSR count). The molecule has 1 aliphatic heterocycles. The minimum Gasteiger partial charge on any atom is -0.378 e. The topological polar surface area (TPSA) is 52.7 Å². The van der Waals surface area contributed by atoms with Crippen molar-refractivity contribution < 1.29 is 9.59 Å². The maximum absolute atomic E-state index is 13.8.